The van der Waals surface area contributed by atoms with Crippen molar-refractivity contribution in [3.8, 4) is 22.4 Å². The summed E-state index contributed by atoms with van der Waals surface area (Å²) in [6.07, 6.45) is 3.71. The van der Waals surface area contributed by atoms with Gasteiger partial charge in [-0.1, -0.05) is 40.9 Å². The van der Waals surface area contributed by atoms with Crippen LogP contribution < -0.4 is 0 Å². The molecule has 1 aliphatic rings. The van der Waals surface area contributed by atoms with E-state index >= 15 is 0 Å². The lowest BCUT2D eigenvalue weighted by Crippen LogP contribution is -2.45. The Bertz CT molecular complexity index is 1420. The molecule has 0 unspecified atom stereocenters. The first-order valence-electron chi connectivity index (χ1n) is 12.1. The summed E-state index contributed by atoms with van der Waals surface area (Å²) < 4.78 is 13.9. The van der Waals surface area contributed by atoms with Crippen molar-refractivity contribution in [2.75, 3.05) is 13.1 Å². The Morgan fingerprint density at radius 2 is 1.58 bits per heavy atom. The molecule has 3 heterocycles. The van der Waals surface area contributed by atoms with E-state index in [0.717, 1.165) is 48.1 Å². The van der Waals surface area contributed by atoms with Crippen molar-refractivity contribution in [3.05, 3.63) is 81.3 Å². The Morgan fingerprint density at radius 1 is 0.889 bits per heavy atom. The van der Waals surface area contributed by atoms with Gasteiger partial charge in [-0.3, -0.25) is 14.9 Å². The summed E-state index contributed by atoms with van der Waals surface area (Å²) in [4.78, 5) is 12.3. The Morgan fingerprint density at radius 3 is 2.22 bits per heavy atom. The monoisotopic (exact) mass is 541 g/mol. The predicted molar refractivity (Wildman–Crippen MR) is 149 cm³/mol. The number of fused-ring (bicyclic) bond motifs is 1. The van der Waals surface area contributed by atoms with E-state index in [-0.39, 0.29) is 17.3 Å². The lowest BCUT2D eigenvalue weighted by molar-refractivity contribution is 0.102. The molecule has 1 saturated heterocycles. The van der Waals surface area contributed by atoms with Gasteiger partial charge in [-0.15, -0.1) is 0 Å². The van der Waals surface area contributed by atoms with Gasteiger partial charge in [-0.25, -0.2) is 4.39 Å². The van der Waals surface area contributed by atoms with Gasteiger partial charge in [0, 0.05) is 39.9 Å². The van der Waals surface area contributed by atoms with E-state index < -0.39 is 0 Å². The number of nitrogens with zero attached hydrogens (tertiary/aromatic N) is 3. The molecule has 1 fully saturated rings. The minimum absolute atomic E-state index is 0.131. The molecule has 0 N–H and O–H groups in total. The minimum atomic E-state index is -0.373. The summed E-state index contributed by atoms with van der Waals surface area (Å²) >= 11 is 19.7. The third-order valence-electron chi connectivity index (χ3n) is 7.03. The molecule has 3 nitrogen and oxygen atoms in total. The van der Waals surface area contributed by atoms with Crippen molar-refractivity contribution >= 4 is 45.7 Å². The van der Waals surface area contributed by atoms with Crippen LogP contribution in [0.4, 0.5) is 4.39 Å². The van der Waals surface area contributed by atoms with Crippen LogP contribution in [0.25, 0.3) is 33.3 Å². The van der Waals surface area contributed by atoms with Crippen molar-refractivity contribution in [2.45, 2.75) is 45.1 Å². The zero-order valence-electron chi connectivity index (χ0n) is 20.5. The summed E-state index contributed by atoms with van der Waals surface area (Å²) in [5.74, 6) is -0.0946. The molecule has 5 rings (SSSR count). The third kappa shape index (κ3) is 4.84. The zero-order valence-corrected chi connectivity index (χ0v) is 22.7. The molecular weight excluding hydrogens is 516 g/mol. The van der Waals surface area contributed by atoms with Gasteiger partial charge in [0.05, 0.1) is 26.3 Å². The van der Waals surface area contributed by atoms with Crippen LogP contribution in [0.15, 0.2) is 54.7 Å². The van der Waals surface area contributed by atoms with Crippen molar-refractivity contribution in [2.24, 2.45) is 0 Å². The number of halogens is 4. The molecule has 186 valence electrons. The molecule has 1 aliphatic heterocycles. The van der Waals surface area contributed by atoms with Crippen molar-refractivity contribution in [1.82, 2.24) is 14.9 Å². The van der Waals surface area contributed by atoms with Crippen LogP contribution in [0.1, 0.15) is 45.2 Å². The maximum absolute atomic E-state index is 13.9. The van der Waals surface area contributed by atoms with Crippen LogP contribution in [0.3, 0.4) is 0 Å². The molecule has 4 aromatic rings. The van der Waals surface area contributed by atoms with E-state index in [1.165, 1.54) is 12.1 Å². The molecule has 0 atom stereocenters. The summed E-state index contributed by atoms with van der Waals surface area (Å²) in [5, 5.41) is 2.23. The number of hydrogen-bond donors (Lipinski definition) is 0. The first-order chi connectivity index (χ1) is 17.1. The van der Waals surface area contributed by atoms with Gasteiger partial charge in [-0.2, -0.15) is 0 Å². The van der Waals surface area contributed by atoms with Gasteiger partial charge in [0.15, 0.2) is 0 Å². The highest BCUT2D eigenvalue weighted by atomic mass is 35.5. The van der Waals surface area contributed by atoms with E-state index in [1.807, 2.05) is 12.1 Å². The molecule has 2 aromatic carbocycles. The summed E-state index contributed by atoms with van der Waals surface area (Å²) in [7, 11) is 0. The molecule has 36 heavy (non-hydrogen) atoms. The Hall–Kier alpha value is -2.24. The second kappa shape index (κ2) is 9.90. The predicted octanol–water partition coefficient (Wildman–Crippen LogP) is 9.04. The summed E-state index contributed by atoms with van der Waals surface area (Å²) in [6.45, 7) is 8.75. The first kappa shape index (κ1) is 25.4. The van der Waals surface area contributed by atoms with E-state index in [4.69, 9.17) is 39.8 Å². The van der Waals surface area contributed by atoms with Crippen LogP contribution in [0, 0.1) is 5.82 Å². The van der Waals surface area contributed by atoms with Crippen molar-refractivity contribution < 1.29 is 4.39 Å². The highest BCUT2D eigenvalue weighted by Crippen LogP contribution is 2.42. The van der Waals surface area contributed by atoms with Crippen molar-refractivity contribution in [3.63, 3.8) is 0 Å². The molecule has 0 aliphatic carbocycles. The second-order valence-corrected chi connectivity index (χ2v) is 11.5. The summed E-state index contributed by atoms with van der Waals surface area (Å²) in [6, 6.07) is 13.9. The maximum Gasteiger partial charge on any atom is 0.124 e. The van der Waals surface area contributed by atoms with E-state index in [0.29, 0.717) is 31.8 Å². The quantitative estimate of drug-likeness (QED) is 0.258. The zero-order chi connectivity index (χ0) is 25.6. The second-order valence-electron chi connectivity index (χ2n) is 10.3. The molecule has 7 heteroatoms. The number of likely N-dealkylation sites (tertiary alicyclic amines) is 1. The molecule has 2 aromatic heterocycles. The number of piperidine rings is 1. The molecule has 0 saturated carbocycles. The number of benzene rings is 2. The van der Waals surface area contributed by atoms with Gasteiger partial charge in [0.25, 0.3) is 0 Å². The Balaban J connectivity index is 1.72. The molecule has 0 spiro atoms. The van der Waals surface area contributed by atoms with Crippen LogP contribution in [0.2, 0.25) is 15.1 Å². The van der Waals surface area contributed by atoms with Gasteiger partial charge < -0.3 is 0 Å². The van der Waals surface area contributed by atoms with Gasteiger partial charge in [-0.05, 0) is 94.7 Å². The highest BCUT2D eigenvalue weighted by Gasteiger charge is 2.29. The normalized spacial score (nSPS) is 15.5. The van der Waals surface area contributed by atoms with Crippen LogP contribution >= 0.6 is 34.8 Å². The topological polar surface area (TPSA) is 29.0 Å². The number of hydrogen-bond acceptors (Lipinski definition) is 3. The van der Waals surface area contributed by atoms with Crippen molar-refractivity contribution in [1.29, 1.82) is 0 Å². The Kier molecular flexibility index (Phi) is 6.99. The smallest absolute Gasteiger partial charge is 0.124 e. The number of rotatable bonds is 3. The third-order valence-corrected chi connectivity index (χ3v) is 7.97. The highest BCUT2D eigenvalue weighted by molar-refractivity contribution is 6.39. The van der Waals surface area contributed by atoms with Gasteiger partial charge in [0.1, 0.15) is 5.82 Å². The first-order valence-corrected chi connectivity index (χ1v) is 13.2. The van der Waals surface area contributed by atoms with Gasteiger partial charge in [0.2, 0.25) is 0 Å². The van der Waals surface area contributed by atoms with Crippen LogP contribution in [-0.4, -0.2) is 33.5 Å². The fourth-order valence-electron chi connectivity index (χ4n) is 5.06. The van der Waals surface area contributed by atoms with E-state index in [9.17, 15) is 4.39 Å². The van der Waals surface area contributed by atoms with Crippen LogP contribution in [0.5, 0.6) is 0 Å². The summed E-state index contributed by atoms with van der Waals surface area (Å²) in [5.41, 5.74) is 4.73. The lowest BCUT2D eigenvalue weighted by Gasteiger charge is -2.40. The van der Waals surface area contributed by atoms with Gasteiger partial charge >= 0.3 is 0 Å². The Labute approximate surface area is 226 Å². The molecule has 0 radical (unpaired) electrons. The minimum Gasteiger partial charge on any atom is -0.298 e. The SMILES string of the molecule is CC(C)(C)N1CCC(c2cc(-c3ccc(F)cc3Cl)c3ccnc(-c4c(Cl)cccc4Cl)c3n2)CC1. The average Bonchev–Trinajstić information content (AvgIpc) is 2.83. The lowest BCUT2D eigenvalue weighted by atomic mass is 9.88. The number of aromatic nitrogens is 2. The largest absolute Gasteiger partial charge is 0.298 e. The van der Waals surface area contributed by atoms with E-state index in [2.05, 4.69) is 36.7 Å². The fourth-order valence-corrected chi connectivity index (χ4v) is 5.91. The fraction of sp³-hybridized carbons (Fsp3) is 0.310. The standard InChI is InChI=1S/C29H27Cl3FN3/c1-29(2,3)36-13-10-17(11-14-36)25-16-21(19-8-7-18(33)15-24(19)32)20-9-12-34-28(27(20)35-25)26-22(30)5-4-6-23(26)31/h4-9,12,15-17H,10-11,13-14H2,1-3H3. The van der Waals surface area contributed by atoms with E-state index in [1.54, 1.807) is 24.4 Å². The average molecular weight is 543 g/mol. The maximum atomic E-state index is 13.9. The molecule has 0 amide bonds. The molecule has 0 bridgehead atoms. The number of pyridine rings is 2. The molecular formula is C29H27Cl3FN3. The van der Waals surface area contributed by atoms with Crippen LogP contribution in [-0.2, 0) is 0 Å².